The van der Waals surface area contributed by atoms with Gasteiger partial charge in [0.05, 0.1) is 5.57 Å². The van der Waals surface area contributed by atoms with E-state index < -0.39 is 5.92 Å². The highest BCUT2D eigenvalue weighted by molar-refractivity contribution is 7.31. The fraction of sp³-hybridized carbons (Fsp3) is 0.556. The lowest BCUT2D eigenvalue weighted by molar-refractivity contribution is 0.0889. The van der Waals surface area contributed by atoms with Crippen molar-refractivity contribution in [3.8, 4) is 59.9 Å². The van der Waals surface area contributed by atoms with Crippen LogP contribution in [-0.4, -0.2) is 23.1 Å². The van der Waals surface area contributed by atoms with Crippen molar-refractivity contribution in [2.45, 2.75) is 408 Å². The second-order valence-electron chi connectivity index (χ2n) is 38.4. The number of hydrogen-bond acceptors (Lipinski definition) is 12. The van der Waals surface area contributed by atoms with E-state index in [0.717, 1.165) is 74.0 Å². The highest BCUT2D eigenvalue weighted by Crippen LogP contribution is 2.58. The molecular formula is C117H154O4S8. The number of carbonyl (C=O) groups excluding carboxylic acids is 4. The highest BCUT2D eigenvalue weighted by Gasteiger charge is 2.41. The molecule has 12 heteroatoms. The molecule has 129 heavy (non-hydrogen) atoms. The molecule has 0 radical (unpaired) electrons. The number of Topliss-reactive ketones (excluding diaryl/α,β-unsaturated/α-hetero) is 4. The van der Waals surface area contributed by atoms with Crippen LogP contribution in [0.3, 0.4) is 0 Å². The molecule has 8 heterocycles. The molecule has 13 rings (SSSR count). The first-order valence-electron chi connectivity index (χ1n) is 52.2. The molecule has 0 N–H and O–H groups in total. The first kappa shape index (κ1) is 101. The summed E-state index contributed by atoms with van der Waals surface area (Å²) in [4.78, 5) is 76.1. The van der Waals surface area contributed by atoms with E-state index in [1.807, 2.05) is 77.3 Å². The maximum absolute atomic E-state index is 14.7. The van der Waals surface area contributed by atoms with Crippen LogP contribution in [-0.2, 0) is 38.5 Å². The van der Waals surface area contributed by atoms with Gasteiger partial charge < -0.3 is 0 Å². The van der Waals surface area contributed by atoms with Crippen LogP contribution in [0.25, 0.3) is 86.1 Å². The van der Waals surface area contributed by atoms with Crippen LogP contribution in [0.15, 0.2) is 115 Å². The predicted molar refractivity (Wildman–Crippen MR) is 574 cm³/mol. The van der Waals surface area contributed by atoms with E-state index >= 15 is 0 Å². The number of fused-ring (bicyclic) bond motifs is 4. The molecule has 0 bridgehead atoms. The van der Waals surface area contributed by atoms with Gasteiger partial charge >= 0.3 is 0 Å². The molecule has 0 saturated heterocycles. The van der Waals surface area contributed by atoms with Gasteiger partial charge in [-0.25, -0.2) is 0 Å². The van der Waals surface area contributed by atoms with Crippen molar-refractivity contribution in [2.75, 3.05) is 0 Å². The highest BCUT2D eigenvalue weighted by atomic mass is 32.1. The zero-order valence-corrected chi connectivity index (χ0v) is 86.8. The van der Waals surface area contributed by atoms with E-state index in [0.29, 0.717) is 34.1 Å². The third-order valence-corrected chi connectivity index (χ3v) is 38.2. The van der Waals surface area contributed by atoms with Crippen molar-refractivity contribution in [1.82, 2.24) is 0 Å². The van der Waals surface area contributed by atoms with Gasteiger partial charge in [-0.3, -0.25) is 19.2 Å². The summed E-state index contributed by atoms with van der Waals surface area (Å²) in [6.07, 6.45) is 69.4. The van der Waals surface area contributed by atoms with Gasteiger partial charge in [0.25, 0.3) is 0 Å². The van der Waals surface area contributed by atoms with Gasteiger partial charge in [-0.15, -0.1) is 90.7 Å². The number of carbonyl (C=O) groups is 4. The molecule has 2 unspecified atom stereocenters. The summed E-state index contributed by atoms with van der Waals surface area (Å²) in [5.74, 6) is 0.0779. The van der Waals surface area contributed by atoms with Gasteiger partial charge in [-0.2, -0.15) is 0 Å². The first-order valence-corrected chi connectivity index (χ1v) is 58.7. The molecule has 0 aliphatic heterocycles. The SMILES string of the molecule is CCCCCCCCCCCCc1cc(C=C2C(=O)c3ccccc3C2=O)sc1-c1cc(CCCCCCCCCCCC)c(-c2cc3c(-c4ccc(CC(CC)CCCC)s4)c4sc(-c5sc(-c6sc(C7C(=O)c8ccccc8C7=O)cc6CCCCCCCCCCCC)cc5CCCCCCCCCCCC)cc4c(-c4ccc(CC(CC)CCCC)s4)c3s2)s1. The van der Waals surface area contributed by atoms with Gasteiger partial charge in [0.15, 0.2) is 23.1 Å². The molecule has 0 saturated carbocycles. The maximum atomic E-state index is 14.7. The fourth-order valence-corrected chi connectivity index (χ4v) is 30.7. The number of unbranched alkanes of at least 4 members (excludes halogenated alkanes) is 38. The summed E-state index contributed by atoms with van der Waals surface area (Å²) < 4.78 is 2.78. The number of rotatable bonds is 64. The number of benzene rings is 3. The predicted octanol–water partition coefficient (Wildman–Crippen LogP) is 40.5. The van der Waals surface area contributed by atoms with Crippen molar-refractivity contribution in [3.05, 3.63) is 179 Å². The van der Waals surface area contributed by atoms with Crippen LogP contribution in [0.4, 0.5) is 0 Å². The van der Waals surface area contributed by atoms with Crippen LogP contribution in [0.2, 0.25) is 0 Å². The van der Waals surface area contributed by atoms with E-state index in [2.05, 4.69) is 161 Å². The molecule has 2 aliphatic rings. The number of hydrogen-bond donors (Lipinski definition) is 0. The van der Waals surface area contributed by atoms with Gasteiger partial charge in [-0.05, 0) is 165 Å². The Kier molecular flexibility index (Phi) is 41.7. The maximum Gasteiger partial charge on any atom is 0.197 e. The zero-order valence-electron chi connectivity index (χ0n) is 80.3. The Morgan fingerprint density at radius 2 is 0.597 bits per heavy atom. The average Bonchev–Trinajstić information content (AvgIpc) is 1.55. The van der Waals surface area contributed by atoms with Crippen molar-refractivity contribution in [3.63, 3.8) is 0 Å². The normalized spacial score (nSPS) is 13.5. The Labute approximate surface area is 810 Å². The molecule has 0 fully saturated rings. The van der Waals surface area contributed by atoms with Crippen LogP contribution < -0.4 is 0 Å². The lowest BCUT2D eigenvalue weighted by Crippen LogP contribution is -2.11. The van der Waals surface area contributed by atoms with E-state index in [1.54, 1.807) is 22.7 Å². The summed E-state index contributed by atoms with van der Waals surface area (Å²) in [6, 6.07) is 40.2. The van der Waals surface area contributed by atoms with Crippen molar-refractivity contribution in [1.29, 1.82) is 0 Å². The Bertz CT molecular complexity index is 5160. The largest absolute Gasteiger partial charge is 0.293 e. The van der Waals surface area contributed by atoms with Crippen molar-refractivity contribution < 1.29 is 19.2 Å². The fourth-order valence-electron chi connectivity index (χ4n) is 20.3. The monoisotopic (exact) mass is 1880 g/mol. The standard InChI is InChI=1S/C117H154O4S8/c1-9-17-23-27-31-35-39-43-47-51-61-84-75-90(79-97-108(118)91-65-55-56-66-92(91)109(97)119)124-112(84)101-77-86(63-53-49-45-41-37-33-29-25-19-11-3)114(126-101)103-80-95-105(98-71-69-88(122-98)73-82(15-7)59-21-13-5)117-96(106(116(95)128-103)99-72-70-89(123-99)74-83(16-8)60-22-14-6)81-104(129-117)115-87(64-54-50-46-42-38-34-30-26-20-12-4)78-102(127-115)113-85(62-52-48-44-40-36-32-28-24-18-10-2)76-100(125-113)107-110(120)93-67-57-58-68-94(93)111(107)121/h55-58,65-72,75-83,107H,9-54,59-64,73-74H2,1-8H3. The minimum atomic E-state index is -0.799. The van der Waals surface area contributed by atoms with Crippen LogP contribution in [0.1, 0.15) is 453 Å². The second-order valence-corrected chi connectivity index (χ2v) is 47.1. The van der Waals surface area contributed by atoms with Gasteiger partial charge in [0, 0.05) is 122 Å². The van der Waals surface area contributed by atoms with E-state index in [-0.39, 0.29) is 28.7 Å². The first-order chi connectivity index (χ1) is 63.4. The molecule has 4 nitrogen and oxygen atoms in total. The molecule has 0 spiro atoms. The number of aryl methyl sites for hydroxylation is 4. The zero-order chi connectivity index (χ0) is 90.1. The Hall–Kier alpha value is -5.80. The van der Waals surface area contributed by atoms with Gasteiger partial charge in [-0.1, -0.05) is 386 Å². The summed E-state index contributed by atoms with van der Waals surface area (Å²) in [7, 11) is 0. The van der Waals surface area contributed by atoms with E-state index in [9.17, 15) is 19.2 Å². The number of thiophene rings is 8. The second kappa shape index (κ2) is 53.5. The van der Waals surface area contributed by atoms with E-state index in [4.69, 9.17) is 0 Å². The third kappa shape index (κ3) is 27.3. The Morgan fingerprint density at radius 3 is 0.953 bits per heavy atom. The molecule has 2 atom stereocenters. The molecule has 11 aromatic rings. The van der Waals surface area contributed by atoms with Crippen LogP contribution >= 0.6 is 90.7 Å². The quantitative estimate of drug-likeness (QED) is 0.0165. The minimum Gasteiger partial charge on any atom is -0.293 e. The molecule has 8 aromatic heterocycles. The molecule has 0 amide bonds. The Morgan fingerprint density at radius 1 is 0.287 bits per heavy atom. The van der Waals surface area contributed by atoms with E-state index in [1.165, 1.54) is 395 Å². The summed E-state index contributed by atoms with van der Waals surface area (Å²) in [6.45, 7) is 18.8. The van der Waals surface area contributed by atoms with Crippen molar-refractivity contribution >= 4 is 140 Å². The lowest BCUT2D eigenvalue weighted by Gasteiger charge is -2.13. The van der Waals surface area contributed by atoms with Crippen LogP contribution in [0.5, 0.6) is 0 Å². The van der Waals surface area contributed by atoms with Crippen LogP contribution in [0, 0.1) is 11.8 Å². The third-order valence-electron chi connectivity index (χ3n) is 28.2. The molecule has 694 valence electrons. The topological polar surface area (TPSA) is 68.3 Å². The summed E-state index contributed by atoms with van der Waals surface area (Å²) >= 11 is 15.8. The lowest BCUT2D eigenvalue weighted by atomic mass is 9.95. The van der Waals surface area contributed by atoms with Gasteiger partial charge in [0.2, 0.25) is 0 Å². The minimum absolute atomic E-state index is 0.0492. The molecular weight excluding hydrogens is 1730 g/mol. The number of ketones is 4. The average molecular weight is 1880 g/mol. The number of allylic oxidation sites excluding steroid dienone is 1. The molecule has 2 aliphatic carbocycles. The Balaban J connectivity index is 0.969. The molecule has 3 aromatic carbocycles. The summed E-state index contributed by atoms with van der Waals surface area (Å²) in [5.41, 5.74) is 10.8. The summed E-state index contributed by atoms with van der Waals surface area (Å²) in [5, 5.41) is 2.74. The van der Waals surface area contributed by atoms with Gasteiger partial charge in [0.1, 0.15) is 5.92 Å². The smallest absolute Gasteiger partial charge is 0.197 e. The van der Waals surface area contributed by atoms with Crippen molar-refractivity contribution in [2.24, 2.45) is 11.8 Å².